The van der Waals surface area contributed by atoms with E-state index in [1.807, 2.05) is 62.4 Å². The van der Waals surface area contributed by atoms with Crippen molar-refractivity contribution in [2.45, 2.75) is 33.6 Å². The Balaban J connectivity index is 1.69. The lowest BCUT2D eigenvalue weighted by molar-refractivity contribution is -0.111. The highest BCUT2D eigenvalue weighted by atomic mass is 16.5. The van der Waals surface area contributed by atoms with Crippen LogP contribution in [0.4, 0.5) is 5.69 Å². The molecule has 4 aromatic rings. The van der Waals surface area contributed by atoms with Crippen molar-refractivity contribution in [3.8, 4) is 16.9 Å². The Bertz CT molecular complexity index is 1310. The van der Waals surface area contributed by atoms with Gasteiger partial charge in [-0.25, -0.2) is 0 Å². The van der Waals surface area contributed by atoms with Gasteiger partial charge in [-0.2, -0.15) is 0 Å². The van der Waals surface area contributed by atoms with Crippen LogP contribution in [0.5, 0.6) is 5.75 Å². The minimum absolute atomic E-state index is 0.180. The topological polar surface area (TPSA) is 51.5 Å². The summed E-state index contributed by atoms with van der Waals surface area (Å²) in [6.45, 7) is 8.20. The Labute approximate surface area is 194 Å². The number of aryl methyl sites for hydroxylation is 1. The van der Waals surface area contributed by atoms with Gasteiger partial charge in [0.1, 0.15) is 11.3 Å². The van der Waals surface area contributed by atoms with Gasteiger partial charge >= 0.3 is 0 Å². The fourth-order valence-electron chi connectivity index (χ4n) is 4.12. The van der Waals surface area contributed by atoms with Crippen LogP contribution in [0.15, 0.2) is 77.4 Å². The summed E-state index contributed by atoms with van der Waals surface area (Å²) in [6, 6.07) is 20.1. The zero-order chi connectivity index (χ0) is 23.5. The first-order chi connectivity index (χ1) is 15.9. The van der Waals surface area contributed by atoms with E-state index in [9.17, 15) is 4.79 Å². The standard InChI is InChI=1S/C29H29NO3/c1-18(2)21-11-13-23(14-12-21)30-27(31)15-19(3)24-16-25-26(22-9-7-6-8-10-22)17-33-29(25)20(4)28(24)32-5/h6-18H,1-5H3,(H,30,31)/b19-15+. The molecule has 4 rings (SSSR count). The number of hydrogen-bond donors (Lipinski definition) is 1. The van der Waals surface area contributed by atoms with Crippen LogP contribution in [0.3, 0.4) is 0 Å². The van der Waals surface area contributed by atoms with Crippen molar-refractivity contribution < 1.29 is 13.9 Å². The van der Waals surface area contributed by atoms with Gasteiger partial charge in [-0.1, -0.05) is 56.3 Å². The van der Waals surface area contributed by atoms with Crippen molar-refractivity contribution in [2.75, 3.05) is 12.4 Å². The molecule has 3 aromatic carbocycles. The largest absolute Gasteiger partial charge is 0.496 e. The molecule has 1 aromatic heterocycles. The highest BCUT2D eigenvalue weighted by molar-refractivity contribution is 6.06. The van der Waals surface area contributed by atoms with Crippen LogP contribution in [0.1, 0.15) is 43.4 Å². The molecular weight excluding hydrogens is 410 g/mol. The van der Waals surface area contributed by atoms with Crippen LogP contribution in [0.25, 0.3) is 27.7 Å². The van der Waals surface area contributed by atoms with Crippen molar-refractivity contribution in [3.05, 3.63) is 89.7 Å². The summed E-state index contributed by atoms with van der Waals surface area (Å²) in [6.07, 6.45) is 3.39. The molecule has 0 saturated carbocycles. The first-order valence-electron chi connectivity index (χ1n) is 11.1. The van der Waals surface area contributed by atoms with Crippen LogP contribution < -0.4 is 10.1 Å². The number of benzene rings is 3. The Kier molecular flexibility index (Phi) is 6.36. The second kappa shape index (κ2) is 9.37. The number of methoxy groups -OCH3 is 1. The molecule has 4 heteroatoms. The molecule has 168 valence electrons. The molecule has 0 atom stereocenters. The maximum absolute atomic E-state index is 12.8. The molecule has 33 heavy (non-hydrogen) atoms. The van der Waals surface area contributed by atoms with E-state index in [1.165, 1.54) is 5.56 Å². The molecule has 1 heterocycles. The van der Waals surface area contributed by atoms with E-state index in [1.54, 1.807) is 19.4 Å². The van der Waals surface area contributed by atoms with Gasteiger partial charge in [0.2, 0.25) is 5.91 Å². The smallest absolute Gasteiger partial charge is 0.248 e. The lowest BCUT2D eigenvalue weighted by Gasteiger charge is -2.13. The highest BCUT2D eigenvalue weighted by Gasteiger charge is 2.18. The van der Waals surface area contributed by atoms with Crippen molar-refractivity contribution in [2.24, 2.45) is 0 Å². The fourth-order valence-corrected chi connectivity index (χ4v) is 4.12. The zero-order valence-electron chi connectivity index (χ0n) is 19.7. The molecule has 0 fully saturated rings. The number of amides is 1. The molecule has 0 radical (unpaired) electrons. The molecular formula is C29H29NO3. The van der Waals surface area contributed by atoms with Gasteiger partial charge in [0, 0.05) is 33.8 Å². The number of allylic oxidation sites excluding steroid dienone is 1. The summed E-state index contributed by atoms with van der Waals surface area (Å²) in [5.74, 6) is 0.977. The van der Waals surface area contributed by atoms with Crippen LogP contribution in [-0.2, 0) is 4.79 Å². The maximum Gasteiger partial charge on any atom is 0.248 e. The second-order valence-corrected chi connectivity index (χ2v) is 8.57. The lowest BCUT2D eigenvalue weighted by atomic mass is 9.96. The number of hydrogen-bond acceptors (Lipinski definition) is 3. The fraction of sp³-hybridized carbons (Fsp3) is 0.207. The zero-order valence-corrected chi connectivity index (χ0v) is 19.7. The average molecular weight is 440 g/mol. The second-order valence-electron chi connectivity index (χ2n) is 8.57. The van der Waals surface area contributed by atoms with Crippen molar-refractivity contribution in [3.63, 3.8) is 0 Å². The Morgan fingerprint density at radius 3 is 2.39 bits per heavy atom. The molecule has 0 aliphatic rings. The number of anilines is 1. The Morgan fingerprint density at radius 2 is 1.76 bits per heavy atom. The van der Waals surface area contributed by atoms with E-state index >= 15 is 0 Å². The molecule has 0 aliphatic carbocycles. The van der Waals surface area contributed by atoms with Gasteiger partial charge in [-0.3, -0.25) is 4.79 Å². The van der Waals surface area contributed by atoms with Crippen molar-refractivity contribution in [1.29, 1.82) is 0 Å². The highest BCUT2D eigenvalue weighted by Crippen LogP contribution is 2.40. The lowest BCUT2D eigenvalue weighted by Crippen LogP contribution is -2.09. The normalized spacial score (nSPS) is 11.8. The quantitative estimate of drug-likeness (QED) is 0.315. The predicted octanol–water partition coefficient (Wildman–Crippen LogP) is 7.58. The number of nitrogens with one attached hydrogen (secondary N) is 1. The SMILES string of the molecule is COc1c(/C(C)=C/C(=O)Nc2ccc(C(C)C)cc2)cc2c(-c3ccccc3)coc2c1C. The number of carbonyl (C=O) groups excluding carboxylic acids is 1. The third-order valence-corrected chi connectivity index (χ3v) is 5.95. The van der Waals surface area contributed by atoms with E-state index in [0.717, 1.165) is 44.5 Å². The Morgan fingerprint density at radius 1 is 1.06 bits per heavy atom. The number of fused-ring (bicyclic) bond motifs is 1. The van der Waals surface area contributed by atoms with Crippen molar-refractivity contribution >= 4 is 28.1 Å². The van der Waals surface area contributed by atoms with Crippen LogP contribution in [0.2, 0.25) is 0 Å². The number of rotatable bonds is 6. The van der Waals surface area contributed by atoms with E-state index in [-0.39, 0.29) is 5.91 Å². The molecule has 0 bridgehead atoms. The summed E-state index contributed by atoms with van der Waals surface area (Å²) < 4.78 is 11.6. The first kappa shape index (κ1) is 22.4. The van der Waals surface area contributed by atoms with Gasteiger partial charge in [0.05, 0.1) is 13.4 Å². The summed E-state index contributed by atoms with van der Waals surface area (Å²) in [5.41, 5.74) is 7.48. The molecule has 0 unspecified atom stereocenters. The minimum atomic E-state index is -0.180. The van der Waals surface area contributed by atoms with E-state index in [4.69, 9.17) is 9.15 Å². The predicted molar refractivity (Wildman–Crippen MR) is 136 cm³/mol. The van der Waals surface area contributed by atoms with Gasteiger partial charge in [0.25, 0.3) is 0 Å². The first-order valence-corrected chi connectivity index (χ1v) is 11.1. The average Bonchev–Trinajstić information content (AvgIpc) is 3.24. The summed E-state index contributed by atoms with van der Waals surface area (Å²) >= 11 is 0. The van der Waals surface area contributed by atoms with Gasteiger partial charge in [-0.05, 0) is 54.7 Å². The Hall–Kier alpha value is -3.79. The van der Waals surface area contributed by atoms with Crippen molar-refractivity contribution in [1.82, 2.24) is 0 Å². The molecule has 0 spiro atoms. The van der Waals surface area contributed by atoms with E-state index in [2.05, 4.69) is 31.3 Å². The third kappa shape index (κ3) is 4.56. The number of carbonyl (C=O) groups is 1. The molecule has 0 saturated heterocycles. The molecule has 1 N–H and O–H groups in total. The summed E-state index contributed by atoms with van der Waals surface area (Å²) in [4.78, 5) is 12.8. The number of ether oxygens (including phenoxy) is 1. The van der Waals surface area contributed by atoms with Gasteiger partial charge < -0.3 is 14.5 Å². The summed E-state index contributed by atoms with van der Waals surface area (Å²) in [7, 11) is 1.64. The van der Waals surface area contributed by atoms with E-state index in [0.29, 0.717) is 11.7 Å². The monoisotopic (exact) mass is 439 g/mol. The third-order valence-electron chi connectivity index (χ3n) is 5.95. The molecule has 4 nitrogen and oxygen atoms in total. The van der Waals surface area contributed by atoms with Crippen LogP contribution >= 0.6 is 0 Å². The molecule has 1 amide bonds. The maximum atomic E-state index is 12.8. The van der Waals surface area contributed by atoms with Gasteiger partial charge in [0.15, 0.2) is 0 Å². The van der Waals surface area contributed by atoms with E-state index < -0.39 is 0 Å². The minimum Gasteiger partial charge on any atom is -0.496 e. The van der Waals surface area contributed by atoms with Crippen LogP contribution in [-0.4, -0.2) is 13.0 Å². The number of furan rings is 1. The van der Waals surface area contributed by atoms with Crippen LogP contribution in [0, 0.1) is 6.92 Å². The van der Waals surface area contributed by atoms with Gasteiger partial charge in [-0.15, -0.1) is 0 Å². The molecule has 0 aliphatic heterocycles. The summed E-state index contributed by atoms with van der Waals surface area (Å²) in [5, 5.41) is 3.95.